The fourth-order valence-electron chi connectivity index (χ4n) is 3.60. The van der Waals surface area contributed by atoms with Crippen molar-refractivity contribution >= 4 is 37.3 Å². The van der Waals surface area contributed by atoms with Crippen molar-refractivity contribution in [3.63, 3.8) is 0 Å². The molecule has 1 heterocycles. The van der Waals surface area contributed by atoms with Gasteiger partial charge in [0, 0.05) is 11.4 Å². The monoisotopic (exact) mass is 578 g/mol. The summed E-state index contributed by atoms with van der Waals surface area (Å²) in [5.41, 5.74) is -1.83. The molecule has 0 aliphatic carbocycles. The number of hydrogen-bond acceptors (Lipinski definition) is 7. The summed E-state index contributed by atoms with van der Waals surface area (Å²) in [6, 6.07) is 7.43. The maximum Gasteiger partial charge on any atom is 0.416 e. The number of sulfone groups is 1. The van der Waals surface area contributed by atoms with Gasteiger partial charge in [-0.1, -0.05) is 13.0 Å². The molecule has 210 valence electrons. The van der Waals surface area contributed by atoms with Crippen molar-refractivity contribution in [1.82, 2.24) is 0 Å². The van der Waals surface area contributed by atoms with Crippen LogP contribution >= 0.6 is 0 Å². The van der Waals surface area contributed by atoms with Gasteiger partial charge in [0.2, 0.25) is 0 Å². The van der Waals surface area contributed by atoms with Gasteiger partial charge in [0.05, 0.1) is 28.4 Å². The molecule has 0 spiro atoms. The molecule has 1 aliphatic rings. The van der Waals surface area contributed by atoms with Crippen LogP contribution in [0.25, 0.3) is 0 Å². The number of ether oxygens (including phenoxy) is 2. The second-order valence-corrected chi connectivity index (χ2v) is 14.0. The third-order valence-electron chi connectivity index (χ3n) is 5.48. The summed E-state index contributed by atoms with van der Waals surface area (Å²) in [6.45, 7) is 6.11. The Morgan fingerprint density at radius 2 is 1.79 bits per heavy atom. The van der Waals surface area contributed by atoms with E-state index in [2.05, 4.69) is 5.32 Å². The van der Waals surface area contributed by atoms with Gasteiger partial charge >= 0.3 is 12.3 Å². The van der Waals surface area contributed by atoms with Crippen molar-refractivity contribution in [2.75, 3.05) is 27.7 Å². The fraction of sp³-hybridized carbons (Fsp3) is 0.458. The normalized spacial score (nSPS) is 16.4. The number of fused-ring (bicyclic) bond motifs is 1. The Morgan fingerprint density at radius 1 is 1.11 bits per heavy atom. The second-order valence-electron chi connectivity index (χ2n) is 9.64. The molecule has 0 unspecified atom stereocenters. The number of benzene rings is 2. The first-order valence-corrected chi connectivity index (χ1v) is 14.9. The first-order valence-electron chi connectivity index (χ1n) is 11.6. The molecule has 1 atom stereocenters. The quantitative estimate of drug-likeness (QED) is 0.500. The Balaban J connectivity index is 2.03. The molecule has 14 heteroatoms. The minimum atomic E-state index is -4.77. The second kappa shape index (κ2) is 10.6. The van der Waals surface area contributed by atoms with Crippen LogP contribution in [-0.2, 0) is 30.8 Å². The average molecular weight is 579 g/mol. The number of nitrogens with one attached hydrogen (secondary N) is 1. The van der Waals surface area contributed by atoms with E-state index in [9.17, 15) is 34.8 Å². The number of nitrogens with zero attached hydrogens (tertiary/aromatic N) is 1. The van der Waals surface area contributed by atoms with E-state index in [1.54, 1.807) is 20.8 Å². The standard InChI is InChI=1S/C24H29F3N2O7S2/c1-5-37(31,32)12-11-18-15-29(38(33,34)19-8-6-7-16(13-19)24(25,26)27)20-14-17(9-10-21(20)35-18)28-22(30)36-23(2,3)4/h6-10,13-14,18H,5,11-12,15H2,1-4H3,(H,28,30)/t18-/m0/s1. The number of alkyl halides is 3. The van der Waals surface area contributed by atoms with Crippen LogP contribution in [0, 0.1) is 0 Å². The van der Waals surface area contributed by atoms with Gasteiger partial charge in [-0.15, -0.1) is 0 Å². The van der Waals surface area contributed by atoms with Crippen LogP contribution in [-0.4, -0.2) is 52.7 Å². The van der Waals surface area contributed by atoms with Crippen LogP contribution in [0.4, 0.5) is 29.3 Å². The van der Waals surface area contributed by atoms with Crippen LogP contribution in [0.1, 0.15) is 39.7 Å². The molecule has 0 saturated carbocycles. The molecule has 0 fully saturated rings. The molecule has 3 rings (SSSR count). The van der Waals surface area contributed by atoms with E-state index in [1.165, 1.54) is 25.1 Å². The third-order valence-corrected chi connectivity index (χ3v) is 8.99. The smallest absolute Gasteiger partial charge is 0.416 e. The molecule has 38 heavy (non-hydrogen) atoms. The Morgan fingerprint density at radius 3 is 2.39 bits per heavy atom. The molecule has 1 aliphatic heterocycles. The van der Waals surface area contributed by atoms with Crippen molar-refractivity contribution in [3.05, 3.63) is 48.0 Å². The number of rotatable bonds is 7. The van der Waals surface area contributed by atoms with Gasteiger partial charge in [0.15, 0.2) is 0 Å². The number of sulfonamides is 1. The van der Waals surface area contributed by atoms with Crippen molar-refractivity contribution in [2.45, 2.75) is 56.9 Å². The molecule has 9 nitrogen and oxygen atoms in total. The van der Waals surface area contributed by atoms with Crippen molar-refractivity contribution in [3.8, 4) is 5.75 Å². The molecule has 0 bridgehead atoms. The summed E-state index contributed by atoms with van der Waals surface area (Å²) < 4.78 is 103. The highest BCUT2D eigenvalue weighted by Gasteiger charge is 2.37. The van der Waals surface area contributed by atoms with Gasteiger partial charge in [0.25, 0.3) is 10.0 Å². The molecular weight excluding hydrogens is 549 g/mol. The number of carbonyl (C=O) groups excluding carboxylic acids is 1. The Kier molecular flexibility index (Phi) is 8.27. The lowest BCUT2D eigenvalue weighted by Gasteiger charge is -2.36. The topological polar surface area (TPSA) is 119 Å². The number of halogens is 3. The minimum Gasteiger partial charge on any atom is -0.486 e. The molecule has 1 N–H and O–H groups in total. The van der Waals surface area contributed by atoms with Crippen LogP contribution in [0.3, 0.4) is 0 Å². The molecule has 1 amide bonds. The average Bonchev–Trinajstić information content (AvgIpc) is 2.80. The molecular formula is C24H29F3N2O7S2. The SMILES string of the molecule is CCS(=O)(=O)CC[C@H]1CN(S(=O)(=O)c2cccc(C(F)(F)F)c2)c2cc(NC(=O)OC(C)(C)C)ccc2O1. The number of hydrogen-bond donors (Lipinski definition) is 1. The summed E-state index contributed by atoms with van der Waals surface area (Å²) in [4.78, 5) is 11.6. The summed E-state index contributed by atoms with van der Waals surface area (Å²) in [5.74, 6) is -0.318. The van der Waals surface area contributed by atoms with E-state index < -0.39 is 54.3 Å². The first kappa shape index (κ1) is 29.6. The zero-order valence-corrected chi connectivity index (χ0v) is 22.8. The summed E-state index contributed by atoms with van der Waals surface area (Å²) in [6.07, 6.45) is -6.50. The number of carbonyl (C=O) groups is 1. The van der Waals surface area contributed by atoms with Gasteiger partial charge in [-0.05, 0) is 63.6 Å². The number of amides is 1. The van der Waals surface area contributed by atoms with E-state index in [4.69, 9.17) is 9.47 Å². The van der Waals surface area contributed by atoms with E-state index in [0.29, 0.717) is 6.07 Å². The largest absolute Gasteiger partial charge is 0.486 e. The van der Waals surface area contributed by atoms with E-state index in [1.807, 2.05) is 0 Å². The predicted octanol–water partition coefficient (Wildman–Crippen LogP) is 4.83. The molecule has 0 aromatic heterocycles. The molecule has 0 saturated heterocycles. The zero-order chi connectivity index (χ0) is 28.5. The van der Waals surface area contributed by atoms with Crippen LogP contribution in [0.5, 0.6) is 5.75 Å². The van der Waals surface area contributed by atoms with E-state index in [-0.39, 0.29) is 41.6 Å². The predicted molar refractivity (Wildman–Crippen MR) is 136 cm³/mol. The van der Waals surface area contributed by atoms with Crippen LogP contribution in [0.15, 0.2) is 47.4 Å². The third kappa shape index (κ3) is 7.31. The highest BCUT2D eigenvalue weighted by molar-refractivity contribution is 7.93. The minimum absolute atomic E-state index is 0.0365. The lowest BCUT2D eigenvalue weighted by Crippen LogP contribution is -2.44. The van der Waals surface area contributed by atoms with Crippen molar-refractivity contribution in [1.29, 1.82) is 0 Å². The summed E-state index contributed by atoms with van der Waals surface area (Å²) in [7, 11) is -7.96. The highest BCUT2D eigenvalue weighted by Crippen LogP contribution is 2.40. The maximum atomic E-state index is 13.6. The summed E-state index contributed by atoms with van der Waals surface area (Å²) >= 11 is 0. The van der Waals surface area contributed by atoms with Crippen LogP contribution in [0.2, 0.25) is 0 Å². The molecule has 2 aromatic rings. The lowest BCUT2D eigenvalue weighted by molar-refractivity contribution is -0.137. The maximum absolute atomic E-state index is 13.6. The Labute approximate surface area is 219 Å². The van der Waals surface area contributed by atoms with Crippen molar-refractivity contribution in [2.24, 2.45) is 0 Å². The van der Waals surface area contributed by atoms with Crippen molar-refractivity contribution < 1.29 is 44.3 Å². The van der Waals surface area contributed by atoms with Crippen LogP contribution < -0.4 is 14.4 Å². The van der Waals surface area contributed by atoms with E-state index in [0.717, 1.165) is 22.5 Å². The Hall–Kier alpha value is -3.00. The van der Waals surface area contributed by atoms with Gasteiger partial charge in [-0.3, -0.25) is 9.62 Å². The lowest BCUT2D eigenvalue weighted by atomic mass is 10.2. The van der Waals surface area contributed by atoms with Gasteiger partial charge in [-0.2, -0.15) is 13.2 Å². The van der Waals surface area contributed by atoms with Gasteiger partial charge < -0.3 is 9.47 Å². The summed E-state index contributed by atoms with van der Waals surface area (Å²) in [5, 5.41) is 2.49. The van der Waals surface area contributed by atoms with Gasteiger partial charge in [0.1, 0.15) is 27.3 Å². The van der Waals surface area contributed by atoms with Gasteiger partial charge in [-0.25, -0.2) is 21.6 Å². The zero-order valence-electron chi connectivity index (χ0n) is 21.2. The Bertz CT molecular complexity index is 1400. The van der Waals surface area contributed by atoms with E-state index >= 15 is 0 Å². The molecule has 2 aromatic carbocycles. The fourth-order valence-corrected chi connectivity index (χ4v) is 6.06. The highest BCUT2D eigenvalue weighted by atomic mass is 32.2. The number of anilines is 2. The molecule has 0 radical (unpaired) electrons. The first-order chi connectivity index (χ1) is 17.4.